The first-order chi connectivity index (χ1) is 13.8. The molecule has 0 bridgehead atoms. The zero-order chi connectivity index (χ0) is 19.1. The lowest BCUT2D eigenvalue weighted by atomic mass is 9.86. The zero-order valence-electron chi connectivity index (χ0n) is 15.7. The van der Waals surface area contributed by atoms with Crippen molar-refractivity contribution in [2.75, 3.05) is 6.26 Å². The predicted molar refractivity (Wildman–Crippen MR) is 113 cm³/mol. The van der Waals surface area contributed by atoms with Crippen LogP contribution in [0.25, 0.3) is 33.5 Å². The first kappa shape index (κ1) is 17.3. The highest BCUT2D eigenvalue weighted by molar-refractivity contribution is 7.98. The summed E-state index contributed by atoms with van der Waals surface area (Å²) in [6.07, 6.45) is 9.81. The Morgan fingerprint density at radius 3 is 2.64 bits per heavy atom. The molecule has 5 rings (SSSR count). The van der Waals surface area contributed by atoms with Crippen LogP contribution in [0.4, 0.5) is 0 Å². The van der Waals surface area contributed by atoms with Crippen LogP contribution in [-0.2, 0) is 0 Å². The number of imidazole rings is 1. The number of fused-ring (bicyclic) bond motifs is 3. The van der Waals surface area contributed by atoms with Crippen LogP contribution in [-0.4, -0.2) is 25.8 Å². The van der Waals surface area contributed by atoms with Gasteiger partial charge in [-0.3, -0.25) is 0 Å². The van der Waals surface area contributed by atoms with E-state index in [1.807, 2.05) is 12.4 Å². The quantitative estimate of drug-likeness (QED) is 0.467. The van der Waals surface area contributed by atoms with Crippen molar-refractivity contribution < 1.29 is 0 Å². The van der Waals surface area contributed by atoms with Crippen LogP contribution in [0.2, 0.25) is 0 Å². The van der Waals surface area contributed by atoms with Crippen LogP contribution in [0.3, 0.4) is 0 Å². The number of hydrogen-bond acceptors (Lipinski definition) is 4. The molecule has 0 spiro atoms. The van der Waals surface area contributed by atoms with Crippen molar-refractivity contribution in [1.82, 2.24) is 19.5 Å². The second kappa shape index (κ2) is 6.99. The third-order valence-electron chi connectivity index (χ3n) is 5.83. The van der Waals surface area contributed by atoms with Gasteiger partial charge in [0.2, 0.25) is 0 Å². The lowest BCUT2D eigenvalue weighted by molar-refractivity contribution is 0.320. The number of nitrogens with zero attached hydrogens (tertiary/aromatic N) is 4. The van der Waals surface area contributed by atoms with Gasteiger partial charge in [-0.05, 0) is 50.1 Å². The fourth-order valence-electron chi connectivity index (χ4n) is 4.35. The van der Waals surface area contributed by atoms with Gasteiger partial charge in [0.15, 0.2) is 0 Å². The summed E-state index contributed by atoms with van der Waals surface area (Å²) in [7, 11) is 0. The summed E-state index contributed by atoms with van der Waals surface area (Å²) in [5.41, 5.74) is 4.10. The van der Waals surface area contributed by atoms with Crippen LogP contribution in [0, 0.1) is 17.2 Å². The molecule has 0 radical (unpaired) electrons. The Morgan fingerprint density at radius 1 is 1.14 bits per heavy atom. The van der Waals surface area contributed by atoms with E-state index in [9.17, 15) is 5.26 Å². The molecule has 4 aromatic rings. The molecule has 0 aliphatic heterocycles. The normalized spacial score (nSPS) is 19.9. The Kier molecular flexibility index (Phi) is 4.33. The highest BCUT2D eigenvalue weighted by atomic mass is 32.2. The van der Waals surface area contributed by atoms with E-state index in [4.69, 9.17) is 4.98 Å². The number of aromatic nitrogens is 4. The fourth-order valence-corrected chi connectivity index (χ4v) is 4.76. The molecule has 1 aliphatic carbocycles. The van der Waals surface area contributed by atoms with E-state index in [1.165, 1.54) is 4.90 Å². The maximum Gasteiger partial charge on any atom is 0.141 e. The molecule has 1 saturated carbocycles. The maximum absolute atomic E-state index is 9.29. The molecule has 6 heteroatoms. The van der Waals surface area contributed by atoms with Crippen molar-refractivity contribution in [2.45, 2.75) is 36.6 Å². The van der Waals surface area contributed by atoms with E-state index in [0.717, 1.165) is 59.1 Å². The summed E-state index contributed by atoms with van der Waals surface area (Å²) in [6, 6.07) is 13.5. The van der Waals surface area contributed by atoms with Gasteiger partial charge < -0.3 is 9.55 Å². The van der Waals surface area contributed by atoms with E-state index in [0.29, 0.717) is 6.04 Å². The average molecular weight is 388 g/mol. The molecule has 28 heavy (non-hydrogen) atoms. The third kappa shape index (κ3) is 2.78. The van der Waals surface area contributed by atoms with Crippen LogP contribution >= 0.6 is 11.8 Å². The number of thioether (sulfide) groups is 1. The minimum Gasteiger partial charge on any atom is -0.346 e. The topological polar surface area (TPSA) is 70.3 Å². The Bertz CT molecular complexity index is 1170. The predicted octanol–water partition coefficient (Wildman–Crippen LogP) is 5.56. The van der Waals surface area contributed by atoms with Gasteiger partial charge in [-0.2, -0.15) is 5.26 Å². The minimum absolute atomic E-state index is 0.185. The number of aromatic amines is 1. The van der Waals surface area contributed by atoms with Crippen molar-refractivity contribution in [3.05, 3.63) is 42.7 Å². The fraction of sp³-hybridized carbons (Fsp3) is 0.318. The Hall–Kier alpha value is -2.78. The molecule has 1 fully saturated rings. The maximum atomic E-state index is 9.29. The molecule has 1 aliphatic rings. The first-order valence-electron chi connectivity index (χ1n) is 9.66. The molecule has 3 heterocycles. The SMILES string of the molecule is CSc1ccc(-c2nc3cnc4[nH]ccc4c3n2[C@H]2CC[C@H](C#N)CC2)cc1. The highest BCUT2D eigenvalue weighted by Gasteiger charge is 2.27. The minimum atomic E-state index is 0.185. The summed E-state index contributed by atoms with van der Waals surface area (Å²) in [6.45, 7) is 0. The number of benzene rings is 1. The van der Waals surface area contributed by atoms with Gasteiger partial charge in [0, 0.05) is 34.0 Å². The number of pyridine rings is 1. The van der Waals surface area contributed by atoms with Crippen LogP contribution in [0.5, 0.6) is 0 Å². The van der Waals surface area contributed by atoms with Gasteiger partial charge in [0.1, 0.15) is 17.0 Å². The molecule has 0 unspecified atom stereocenters. The summed E-state index contributed by atoms with van der Waals surface area (Å²) in [5, 5.41) is 10.4. The van der Waals surface area contributed by atoms with Crippen molar-refractivity contribution in [3.63, 3.8) is 0 Å². The van der Waals surface area contributed by atoms with Gasteiger partial charge in [-0.15, -0.1) is 11.8 Å². The van der Waals surface area contributed by atoms with E-state index in [1.54, 1.807) is 11.8 Å². The summed E-state index contributed by atoms with van der Waals surface area (Å²) < 4.78 is 2.41. The molecule has 0 amide bonds. The standard InChI is InChI=1S/C22H21N5S/c1-28-17-8-4-15(5-9-17)22-26-19-13-25-21-18(10-11-24-21)20(19)27(22)16-6-2-14(12-23)3-7-16/h4-5,8-11,13-14,16H,2-3,6-7H2,1H3,(H,24,25)/t14-,16-. The molecule has 5 nitrogen and oxygen atoms in total. The number of hydrogen-bond donors (Lipinski definition) is 1. The molecule has 1 aromatic carbocycles. The number of nitrogens with one attached hydrogen (secondary N) is 1. The van der Waals surface area contributed by atoms with Crippen LogP contribution in [0.1, 0.15) is 31.7 Å². The van der Waals surface area contributed by atoms with Gasteiger partial charge in [-0.25, -0.2) is 9.97 Å². The molecular formula is C22H21N5S. The monoisotopic (exact) mass is 387 g/mol. The van der Waals surface area contributed by atoms with Crippen molar-refractivity contribution in [2.24, 2.45) is 5.92 Å². The van der Waals surface area contributed by atoms with E-state index in [-0.39, 0.29) is 5.92 Å². The first-order valence-corrected chi connectivity index (χ1v) is 10.9. The van der Waals surface area contributed by atoms with Crippen LogP contribution < -0.4 is 0 Å². The van der Waals surface area contributed by atoms with Crippen molar-refractivity contribution in [1.29, 1.82) is 5.26 Å². The van der Waals surface area contributed by atoms with Crippen molar-refractivity contribution in [3.8, 4) is 17.5 Å². The summed E-state index contributed by atoms with van der Waals surface area (Å²) >= 11 is 1.74. The molecule has 3 aromatic heterocycles. The lowest BCUT2D eigenvalue weighted by Gasteiger charge is -2.28. The summed E-state index contributed by atoms with van der Waals surface area (Å²) in [5.74, 6) is 1.18. The molecule has 140 valence electrons. The third-order valence-corrected chi connectivity index (χ3v) is 6.57. The van der Waals surface area contributed by atoms with E-state index >= 15 is 0 Å². The van der Waals surface area contributed by atoms with E-state index < -0.39 is 0 Å². The summed E-state index contributed by atoms with van der Waals surface area (Å²) in [4.78, 5) is 14.0. The number of nitriles is 1. The second-order valence-corrected chi connectivity index (χ2v) is 8.28. The molecule has 0 atom stereocenters. The van der Waals surface area contributed by atoms with Gasteiger partial charge in [-0.1, -0.05) is 12.1 Å². The molecule has 0 saturated heterocycles. The number of rotatable bonds is 3. The zero-order valence-corrected chi connectivity index (χ0v) is 16.5. The van der Waals surface area contributed by atoms with Crippen molar-refractivity contribution >= 4 is 33.8 Å². The van der Waals surface area contributed by atoms with Crippen LogP contribution in [0.15, 0.2) is 47.6 Å². The highest BCUT2D eigenvalue weighted by Crippen LogP contribution is 2.39. The average Bonchev–Trinajstić information content (AvgIpc) is 3.38. The smallest absolute Gasteiger partial charge is 0.141 e. The van der Waals surface area contributed by atoms with Gasteiger partial charge >= 0.3 is 0 Å². The Balaban J connectivity index is 1.71. The van der Waals surface area contributed by atoms with E-state index in [2.05, 4.69) is 57.2 Å². The Morgan fingerprint density at radius 2 is 1.93 bits per heavy atom. The second-order valence-electron chi connectivity index (χ2n) is 7.40. The lowest BCUT2D eigenvalue weighted by Crippen LogP contribution is -2.18. The van der Waals surface area contributed by atoms with Gasteiger partial charge in [0.25, 0.3) is 0 Å². The largest absolute Gasteiger partial charge is 0.346 e. The molecule has 1 N–H and O–H groups in total. The number of H-pyrrole nitrogens is 1. The van der Waals surface area contributed by atoms with Gasteiger partial charge in [0.05, 0.1) is 17.8 Å². The molecular weight excluding hydrogens is 366 g/mol. The Labute approximate surface area is 167 Å².